The molecule has 0 aliphatic rings. The molecule has 1 aromatic rings. The molecule has 0 saturated heterocycles. The molecule has 0 fully saturated rings. The van der Waals surface area contributed by atoms with Gasteiger partial charge in [0.05, 0.1) is 17.9 Å². The Hall–Kier alpha value is -1.29. The Bertz CT molecular complexity index is 325. The van der Waals surface area contributed by atoms with Gasteiger partial charge in [0, 0.05) is 0 Å². The average Bonchev–Trinajstić information content (AvgIpc) is 2.66. The number of furan rings is 1. The highest BCUT2D eigenvalue weighted by molar-refractivity contribution is 5.77. The van der Waals surface area contributed by atoms with Gasteiger partial charge in [-0.15, -0.1) is 0 Å². The smallest absolute Gasteiger partial charge is 0.246 e. The second-order valence-corrected chi connectivity index (χ2v) is 4.71. The SMILES string of the molecule is C[C@@H](NC(=O)COC(C)(C)C)c1ccco1. The normalized spacial score (nSPS) is 13.5. The summed E-state index contributed by atoms with van der Waals surface area (Å²) in [4.78, 5) is 11.5. The van der Waals surface area contributed by atoms with E-state index in [1.54, 1.807) is 12.3 Å². The lowest BCUT2D eigenvalue weighted by Gasteiger charge is -2.20. The largest absolute Gasteiger partial charge is 0.467 e. The third-order valence-corrected chi connectivity index (χ3v) is 1.98. The van der Waals surface area contributed by atoms with Gasteiger partial charge in [-0.25, -0.2) is 0 Å². The topological polar surface area (TPSA) is 51.5 Å². The van der Waals surface area contributed by atoms with E-state index >= 15 is 0 Å². The zero-order chi connectivity index (χ0) is 12.2. The quantitative estimate of drug-likeness (QED) is 0.855. The molecule has 1 heterocycles. The van der Waals surface area contributed by atoms with Crippen LogP contribution in [0.3, 0.4) is 0 Å². The lowest BCUT2D eigenvalue weighted by Crippen LogP contribution is -2.33. The summed E-state index contributed by atoms with van der Waals surface area (Å²) >= 11 is 0. The molecule has 1 aromatic heterocycles. The molecule has 0 aliphatic carbocycles. The minimum absolute atomic E-state index is 0.0640. The van der Waals surface area contributed by atoms with E-state index in [0.717, 1.165) is 5.76 Å². The van der Waals surface area contributed by atoms with Crippen molar-refractivity contribution in [2.75, 3.05) is 6.61 Å². The number of hydrogen-bond donors (Lipinski definition) is 1. The van der Waals surface area contributed by atoms with Crippen LogP contribution in [0.5, 0.6) is 0 Å². The Morgan fingerprint density at radius 2 is 2.25 bits per heavy atom. The number of carbonyl (C=O) groups is 1. The number of rotatable bonds is 4. The molecule has 1 atom stereocenters. The van der Waals surface area contributed by atoms with Crippen LogP contribution in [-0.2, 0) is 9.53 Å². The average molecular weight is 225 g/mol. The zero-order valence-corrected chi connectivity index (χ0v) is 10.2. The van der Waals surface area contributed by atoms with E-state index in [1.807, 2.05) is 33.8 Å². The van der Waals surface area contributed by atoms with E-state index in [1.165, 1.54) is 0 Å². The maximum atomic E-state index is 11.5. The molecule has 0 aliphatic heterocycles. The molecular weight excluding hydrogens is 206 g/mol. The summed E-state index contributed by atoms with van der Waals surface area (Å²) in [7, 11) is 0. The monoisotopic (exact) mass is 225 g/mol. The van der Waals surface area contributed by atoms with Crippen molar-refractivity contribution < 1.29 is 13.9 Å². The van der Waals surface area contributed by atoms with Crippen LogP contribution in [0.4, 0.5) is 0 Å². The zero-order valence-electron chi connectivity index (χ0n) is 10.2. The van der Waals surface area contributed by atoms with E-state index in [-0.39, 0.29) is 24.2 Å². The van der Waals surface area contributed by atoms with Gasteiger partial charge in [0.2, 0.25) is 5.91 Å². The van der Waals surface area contributed by atoms with E-state index in [4.69, 9.17) is 9.15 Å². The summed E-state index contributed by atoms with van der Waals surface area (Å²) in [6.07, 6.45) is 1.59. The lowest BCUT2D eigenvalue weighted by atomic mass is 10.2. The van der Waals surface area contributed by atoms with Crippen molar-refractivity contribution in [3.8, 4) is 0 Å². The first kappa shape index (κ1) is 12.8. The third kappa shape index (κ3) is 4.49. The number of ether oxygens (including phenoxy) is 1. The fourth-order valence-corrected chi connectivity index (χ4v) is 1.17. The fourth-order valence-electron chi connectivity index (χ4n) is 1.17. The van der Waals surface area contributed by atoms with Gasteiger partial charge in [-0.3, -0.25) is 4.79 Å². The second kappa shape index (κ2) is 5.16. The minimum Gasteiger partial charge on any atom is -0.467 e. The van der Waals surface area contributed by atoms with Gasteiger partial charge in [-0.1, -0.05) is 0 Å². The van der Waals surface area contributed by atoms with Crippen LogP contribution in [0.15, 0.2) is 22.8 Å². The van der Waals surface area contributed by atoms with Crippen molar-refractivity contribution >= 4 is 5.91 Å². The molecule has 0 radical (unpaired) electrons. The molecule has 1 N–H and O–H groups in total. The van der Waals surface area contributed by atoms with Gasteiger partial charge in [0.1, 0.15) is 12.4 Å². The maximum Gasteiger partial charge on any atom is 0.246 e. The van der Waals surface area contributed by atoms with Crippen LogP contribution in [0.2, 0.25) is 0 Å². The molecule has 0 saturated carbocycles. The van der Waals surface area contributed by atoms with E-state index in [2.05, 4.69) is 5.32 Å². The molecule has 0 spiro atoms. The second-order valence-electron chi connectivity index (χ2n) is 4.71. The molecule has 0 unspecified atom stereocenters. The predicted molar refractivity (Wildman–Crippen MR) is 61.0 cm³/mol. The summed E-state index contributed by atoms with van der Waals surface area (Å²) in [5, 5.41) is 2.80. The van der Waals surface area contributed by atoms with Crippen LogP contribution < -0.4 is 5.32 Å². The van der Waals surface area contributed by atoms with Gasteiger partial charge in [0.15, 0.2) is 0 Å². The van der Waals surface area contributed by atoms with Crippen LogP contribution in [0, 0.1) is 0 Å². The molecule has 1 amide bonds. The van der Waals surface area contributed by atoms with Gasteiger partial charge < -0.3 is 14.5 Å². The molecule has 4 nitrogen and oxygen atoms in total. The Balaban J connectivity index is 2.35. The maximum absolute atomic E-state index is 11.5. The first-order chi connectivity index (χ1) is 7.38. The van der Waals surface area contributed by atoms with E-state index < -0.39 is 0 Å². The summed E-state index contributed by atoms with van der Waals surface area (Å²) in [6.45, 7) is 7.67. The van der Waals surface area contributed by atoms with Crippen LogP contribution >= 0.6 is 0 Å². The van der Waals surface area contributed by atoms with Gasteiger partial charge in [-0.05, 0) is 39.8 Å². The summed E-state index contributed by atoms with van der Waals surface area (Å²) < 4.78 is 10.6. The molecule has 0 bridgehead atoms. The highest BCUT2D eigenvalue weighted by Gasteiger charge is 2.15. The molecule has 90 valence electrons. The van der Waals surface area contributed by atoms with Crippen molar-refractivity contribution in [3.05, 3.63) is 24.2 Å². The van der Waals surface area contributed by atoms with Crippen molar-refractivity contribution in [3.63, 3.8) is 0 Å². The Kier molecular flexibility index (Phi) is 4.12. The van der Waals surface area contributed by atoms with Crippen molar-refractivity contribution in [1.82, 2.24) is 5.32 Å². The first-order valence-corrected chi connectivity index (χ1v) is 5.35. The van der Waals surface area contributed by atoms with Gasteiger partial charge in [0.25, 0.3) is 0 Å². The van der Waals surface area contributed by atoms with Crippen LogP contribution in [0.1, 0.15) is 39.5 Å². The first-order valence-electron chi connectivity index (χ1n) is 5.35. The van der Waals surface area contributed by atoms with Crippen molar-refractivity contribution in [1.29, 1.82) is 0 Å². The number of amides is 1. The third-order valence-electron chi connectivity index (χ3n) is 1.98. The summed E-state index contributed by atoms with van der Waals surface area (Å²) in [6, 6.07) is 3.49. The van der Waals surface area contributed by atoms with Gasteiger partial charge in [-0.2, -0.15) is 0 Å². The number of hydrogen-bond acceptors (Lipinski definition) is 3. The Morgan fingerprint density at radius 3 is 2.75 bits per heavy atom. The Morgan fingerprint density at radius 1 is 1.56 bits per heavy atom. The molecule has 1 rings (SSSR count). The van der Waals surface area contributed by atoms with E-state index in [9.17, 15) is 4.79 Å². The van der Waals surface area contributed by atoms with E-state index in [0.29, 0.717) is 0 Å². The predicted octanol–water partition coefficient (Wildman–Crippen LogP) is 2.27. The number of carbonyl (C=O) groups excluding carboxylic acids is 1. The summed E-state index contributed by atoms with van der Waals surface area (Å²) in [5.74, 6) is 0.600. The number of nitrogens with one attached hydrogen (secondary N) is 1. The standard InChI is InChI=1S/C12H19NO3/c1-9(10-6-5-7-15-10)13-11(14)8-16-12(2,3)4/h5-7,9H,8H2,1-4H3,(H,13,14)/t9-/m1/s1. The Labute approximate surface area is 96.0 Å². The van der Waals surface area contributed by atoms with Crippen LogP contribution in [0.25, 0.3) is 0 Å². The van der Waals surface area contributed by atoms with Crippen LogP contribution in [-0.4, -0.2) is 18.1 Å². The molecule has 16 heavy (non-hydrogen) atoms. The molecule has 4 heteroatoms. The minimum atomic E-state index is -0.300. The van der Waals surface area contributed by atoms with Crippen molar-refractivity contribution in [2.24, 2.45) is 0 Å². The van der Waals surface area contributed by atoms with Crippen molar-refractivity contribution in [2.45, 2.75) is 39.3 Å². The molecular formula is C12H19NO3. The highest BCUT2D eigenvalue weighted by atomic mass is 16.5. The summed E-state index contributed by atoms with van der Waals surface area (Å²) in [5.41, 5.74) is -0.300. The van der Waals surface area contributed by atoms with Gasteiger partial charge >= 0.3 is 0 Å². The highest BCUT2D eigenvalue weighted by Crippen LogP contribution is 2.12. The molecule has 0 aromatic carbocycles. The fraction of sp³-hybridized carbons (Fsp3) is 0.583. The lowest BCUT2D eigenvalue weighted by molar-refractivity contribution is -0.131.